The van der Waals surface area contributed by atoms with Crippen LogP contribution in [0.1, 0.15) is 24.0 Å². The highest BCUT2D eigenvalue weighted by atomic mass is 32.1. The minimum atomic E-state index is 0.490. The summed E-state index contributed by atoms with van der Waals surface area (Å²) in [4.78, 5) is 6.89. The van der Waals surface area contributed by atoms with Gasteiger partial charge in [0.2, 0.25) is 0 Å². The molecule has 144 valence electrons. The van der Waals surface area contributed by atoms with Crippen LogP contribution in [0.4, 0.5) is 5.00 Å². The smallest absolute Gasteiger partial charge is 0.191 e. The van der Waals surface area contributed by atoms with E-state index in [9.17, 15) is 0 Å². The van der Waals surface area contributed by atoms with Crippen LogP contribution in [0, 0.1) is 0 Å². The van der Waals surface area contributed by atoms with Crippen LogP contribution in [-0.2, 0) is 12.8 Å². The number of rotatable bonds is 5. The molecule has 1 aromatic heterocycles. The van der Waals surface area contributed by atoms with Gasteiger partial charge in [0.25, 0.3) is 0 Å². The quantitative estimate of drug-likeness (QED) is 0.614. The van der Waals surface area contributed by atoms with Crippen molar-refractivity contribution in [3.8, 4) is 5.75 Å². The highest BCUT2D eigenvalue weighted by Crippen LogP contribution is 2.26. The Morgan fingerprint density at radius 3 is 2.96 bits per heavy atom. The van der Waals surface area contributed by atoms with Crippen molar-refractivity contribution in [1.29, 1.82) is 0 Å². The SMILES string of the molecule is CN=C(NCCc1ccc2c(c1)CCO2)NC1CCN(c2cccs2)CC1. The Morgan fingerprint density at radius 1 is 1.30 bits per heavy atom. The first kappa shape index (κ1) is 18.2. The molecule has 2 N–H and O–H groups in total. The summed E-state index contributed by atoms with van der Waals surface area (Å²) in [6.45, 7) is 3.91. The Kier molecular flexibility index (Phi) is 5.82. The monoisotopic (exact) mass is 384 g/mol. The molecule has 2 aliphatic heterocycles. The van der Waals surface area contributed by atoms with E-state index in [1.54, 1.807) is 0 Å². The summed E-state index contributed by atoms with van der Waals surface area (Å²) in [5, 5.41) is 10.6. The fourth-order valence-corrected chi connectivity index (χ4v) is 4.59. The highest BCUT2D eigenvalue weighted by Gasteiger charge is 2.20. The molecule has 4 rings (SSSR count). The van der Waals surface area contributed by atoms with E-state index in [1.807, 2.05) is 18.4 Å². The first-order valence-corrected chi connectivity index (χ1v) is 10.7. The van der Waals surface area contributed by atoms with E-state index in [1.165, 1.54) is 16.1 Å². The van der Waals surface area contributed by atoms with Crippen LogP contribution in [0.5, 0.6) is 5.75 Å². The number of hydrogen-bond donors (Lipinski definition) is 2. The first-order valence-electron chi connectivity index (χ1n) is 9.82. The molecule has 2 aliphatic rings. The lowest BCUT2D eigenvalue weighted by Crippen LogP contribution is -2.49. The van der Waals surface area contributed by atoms with Crippen molar-refractivity contribution in [1.82, 2.24) is 10.6 Å². The third-order valence-corrected chi connectivity index (χ3v) is 6.27. The van der Waals surface area contributed by atoms with Crippen molar-refractivity contribution in [3.63, 3.8) is 0 Å². The number of piperidine rings is 1. The molecule has 3 heterocycles. The number of thiophene rings is 1. The van der Waals surface area contributed by atoms with Gasteiger partial charge in [0.05, 0.1) is 11.6 Å². The number of aliphatic imine (C=N–C) groups is 1. The molecule has 0 amide bonds. The van der Waals surface area contributed by atoms with Gasteiger partial charge in [0.15, 0.2) is 5.96 Å². The molecule has 1 fully saturated rings. The highest BCUT2D eigenvalue weighted by molar-refractivity contribution is 7.14. The number of nitrogens with one attached hydrogen (secondary N) is 2. The van der Waals surface area contributed by atoms with Crippen molar-refractivity contribution in [2.24, 2.45) is 4.99 Å². The van der Waals surface area contributed by atoms with E-state index < -0.39 is 0 Å². The Balaban J connectivity index is 1.21. The molecule has 27 heavy (non-hydrogen) atoms. The second-order valence-electron chi connectivity index (χ2n) is 7.15. The summed E-state index contributed by atoms with van der Waals surface area (Å²) in [6, 6.07) is 11.4. The Morgan fingerprint density at radius 2 is 2.19 bits per heavy atom. The number of guanidine groups is 1. The molecule has 0 unspecified atom stereocenters. The van der Waals surface area contributed by atoms with E-state index in [-0.39, 0.29) is 0 Å². The second-order valence-corrected chi connectivity index (χ2v) is 8.07. The normalized spacial score (nSPS) is 17.5. The van der Waals surface area contributed by atoms with E-state index in [0.717, 1.165) is 63.6 Å². The summed E-state index contributed by atoms with van der Waals surface area (Å²) in [5.74, 6) is 1.96. The molecule has 0 bridgehead atoms. The van der Waals surface area contributed by atoms with Gasteiger partial charge >= 0.3 is 0 Å². The molecule has 0 aliphatic carbocycles. The second kappa shape index (κ2) is 8.65. The predicted molar refractivity (Wildman–Crippen MR) is 113 cm³/mol. The van der Waals surface area contributed by atoms with Crippen LogP contribution in [-0.4, -0.2) is 45.3 Å². The fourth-order valence-electron chi connectivity index (χ4n) is 3.80. The number of hydrogen-bond acceptors (Lipinski definition) is 4. The van der Waals surface area contributed by atoms with Crippen molar-refractivity contribution < 1.29 is 4.74 Å². The summed E-state index contributed by atoms with van der Waals surface area (Å²) in [6.07, 6.45) is 4.31. The molecule has 6 heteroatoms. The van der Waals surface area contributed by atoms with Crippen LogP contribution in [0.25, 0.3) is 0 Å². The molecule has 0 radical (unpaired) electrons. The molecule has 5 nitrogen and oxygen atoms in total. The standard InChI is InChI=1S/C21H28N4OS/c1-22-21(23-10-6-16-4-5-19-17(15-16)9-13-26-19)24-18-7-11-25(12-8-18)20-3-2-14-27-20/h2-5,14-15,18H,6-13H2,1H3,(H2,22,23,24). The van der Waals surface area contributed by atoms with Gasteiger partial charge in [0, 0.05) is 39.1 Å². The van der Waals surface area contributed by atoms with Crippen molar-refractivity contribution in [2.75, 3.05) is 38.2 Å². The molecule has 1 aromatic carbocycles. The van der Waals surface area contributed by atoms with E-state index in [0.29, 0.717) is 6.04 Å². The zero-order valence-electron chi connectivity index (χ0n) is 15.9. The third-order valence-electron chi connectivity index (χ3n) is 5.34. The van der Waals surface area contributed by atoms with E-state index in [4.69, 9.17) is 4.74 Å². The molecule has 0 saturated carbocycles. The summed E-state index contributed by atoms with van der Waals surface area (Å²) < 4.78 is 5.58. The van der Waals surface area contributed by atoms with Crippen LogP contribution in [0.15, 0.2) is 40.7 Å². The van der Waals surface area contributed by atoms with Gasteiger partial charge in [-0.3, -0.25) is 4.99 Å². The summed E-state index contributed by atoms with van der Waals surface area (Å²) in [5.41, 5.74) is 2.69. The molecule has 0 spiro atoms. The maximum atomic E-state index is 5.58. The minimum Gasteiger partial charge on any atom is -0.493 e. The minimum absolute atomic E-state index is 0.490. The van der Waals surface area contributed by atoms with Crippen LogP contribution in [0.3, 0.4) is 0 Å². The van der Waals surface area contributed by atoms with E-state index in [2.05, 4.69) is 56.2 Å². The van der Waals surface area contributed by atoms with Gasteiger partial charge in [-0.05, 0) is 54.0 Å². The van der Waals surface area contributed by atoms with Gasteiger partial charge in [-0.15, -0.1) is 11.3 Å². The summed E-state index contributed by atoms with van der Waals surface area (Å²) in [7, 11) is 1.85. The third kappa shape index (κ3) is 4.56. The fraction of sp³-hybridized carbons (Fsp3) is 0.476. The molecule has 2 aromatic rings. The Bertz CT molecular complexity index is 766. The first-order chi connectivity index (χ1) is 13.3. The van der Waals surface area contributed by atoms with Gasteiger partial charge < -0.3 is 20.3 Å². The Labute approximate surface area is 165 Å². The average Bonchev–Trinajstić information content (AvgIpc) is 3.39. The average molecular weight is 385 g/mol. The topological polar surface area (TPSA) is 48.9 Å². The number of fused-ring (bicyclic) bond motifs is 1. The molecular weight excluding hydrogens is 356 g/mol. The Hall–Kier alpha value is -2.21. The maximum absolute atomic E-state index is 5.58. The van der Waals surface area contributed by atoms with Crippen LogP contribution in [0.2, 0.25) is 0 Å². The van der Waals surface area contributed by atoms with Crippen molar-refractivity contribution in [3.05, 3.63) is 46.8 Å². The van der Waals surface area contributed by atoms with Crippen LogP contribution >= 0.6 is 11.3 Å². The molecule has 1 saturated heterocycles. The largest absolute Gasteiger partial charge is 0.493 e. The number of benzene rings is 1. The lowest BCUT2D eigenvalue weighted by molar-refractivity contribution is 0.357. The van der Waals surface area contributed by atoms with E-state index >= 15 is 0 Å². The number of anilines is 1. The lowest BCUT2D eigenvalue weighted by Gasteiger charge is -2.33. The zero-order valence-corrected chi connectivity index (χ0v) is 16.7. The van der Waals surface area contributed by atoms with Gasteiger partial charge in [0.1, 0.15) is 5.75 Å². The van der Waals surface area contributed by atoms with Crippen molar-refractivity contribution >= 4 is 22.3 Å². The zero-order chi connectivity index (χ0) is 18.5. The van der Waals surface area contributed by atoms with Gasteiger partial charge in [-0.2, -0.15) is 0 Å². The van der Waals surface area contributed by atoms with Crippen molar-refractivity contribution in [2.45, 2.75) is 31.7 Å². The lowest BCUT2D eigenvalue weighted by atomic mass is 10.1. The van der Waals surface area contributed by atoms with Gasteiger partial charge in [-0.25, -0.2) is 0 Å². The summed E-state index contributed by atoms with van der Waals surface area (Å²) >= 11 is 1.83. The number of ether oxygens (including phenoxy) is 1. The number of nitrogens with zero attached hydrogens (tertiary/aromatic N) is 2. The van der Waals surface area contributed by atoms with Crippen LogP contribution < -0.4 is 20.3 Å². The maximum Gasteiger partial charge on any atom is 0.191 e. The molecule has 0 atom stereocenters. The molecular formula is C21H28N4OS. The van der Waals surface area contributed by atoms with Gasteiger partial charge in [-0.1, -0.05) is 12.1 Å². The predicted octanol–water partition coefficient (Wildman–Crippen LogP) is 3.06.